The van der Waals surface area contributed by atoms with E-state index in [1.54, 1.807) is 0 Å². The second-order valence-corrected chi connectivity index (χ2v) is 2.41. The van der Waals surface area contributed by atoms with Crippen molar-refractivity contribution in [3.63, 3.8) is 0 Å². The SMILES string of the molecule is C[SH](=O)([O-])O.O.O.[Na+]. The van der Waals surface area contributed by atoms with Gasteiger partial charge in [0.15, 0.2) is 0 Å². The Morgan fingerprint density at radius 1 is 1.50 bits per heavy atom. The van der Waals surface area contributed by atoms with Gasteiger partial charge in [0.25, 0.3) is 0 Å². The Bertz CT molecular complexity index is 58.6. The van der Waals surface area contributed by atoms with Crippen molar-refractivity contribution in [1.29, 1.82) is 0 Å². The van der Waals surface area contributed by atoms with E-state index in [1.165, 1.54) is 0 Å². The Morgan fingerprint density at radius 3 is 1.50 bits per heavy atom. The molecule has 5 N–H and O–H groups in total. The van der Waals surface area contributed by atoms with Crippen molar-refractivity contribution in [2.24, 2.45) is 0 Å². The molecule has 5 nitrogen and oxygen atoms in total. The van der Waals surface area contributed by atoms with Crippen LogP contribution in [0.2, 0.25) is 0 Å². The maximum Gasteiger partial charge on any atom is 1.00 e. The van der Waals surface area contributed by atoms with E-state index in [0.717, 1.165) is 6.26 Å². The molecule has 0 heterocycles. The first-order chi connectivity index (χ1) is 2.00. The second kappa shape index (κ2) is 7.99. The monoisotopic (exact) mass is 156 g/mol. The smallest absolute Gasteiger partial charge is 0.772 e. The maximum absolute atomic E-state index is 9.22. The molecule has 0 fully saturated rings. The zero-order valence-electron chi connectivity index (χ0n) is 4.71. The molecule has 0 aliphatic rings. The Kier molecular flexibility index (Phi) is 23.0. The van der Waals surface area contributed by atoms with Gasteiger partial charge < -0.3 is 20.1 Å². The summed E-state index contributed by atoms with van der Waals surface area (Å²) >= 11 is 0. The summed E-state index contributed by atoms with van der Waals surface area (Å²) in [5.41, 5.74) is 0. The third kappa shape index (κ3) is 256. The number of rotatable bonds is 0. The van der Waals surface area contributed by atoms with Crippen molar-refractivity contribution < 1.29 is 53.8 Å². The first kappa shape index (κ1) is 23.0. The van der Waals surface area contributed by atoms with Crippen LogP contribution in [0.4, 0.5) is 0 Å². The summed E-state index contributed by atoms with van der Waals surface area (Å²) in [6.07, 6.45) is 0.743. The molecule has 8 heavy (non-hydrogen) atoms. The van der Waals surface area contributed by atoms with Crippen LogP contribution >= 0.6 is 0 Å². The third-order valence-electron chi connectivity index (χ3n) is 0. The molecule has 0 aromatic carbocycles. The van der Waals surface area contributed by atoms with Crippen LogP contribution < -0.4 is 29.6 Å². The molecule has 0 rings (SSSR count). The van der Waals surface area contributed by atoms with Gasteiger partial charge in [-0.2, -0.15) is 0 Å². The summed E-state index contributed by atoms with van der Waals surface area (Å²) in [6, 6.07) is 0. The number of hydrogen-bond donors (Lipinski definition) is 2. The van der Waals surface area contributed by atoms with E-state index in [9.17, 15) is 8.76 Å². The van der Waals surface area contributed by atoms with Crippen molar-refractivity contribution in [3.05, 3.63) is 0 Å². The standard InChI is InChI=1S/CH6O3S.Na.2H2O/c1-5(2,3)4;;;/h5H,1H3,(H2,2,3,4);;2*1H2/q;+1;;/p-1. The fourth-order valence-corrected chi connectivity index (χ4v) is 0. The van der Waals surface area contributed by atoms with Gasteiger partial charge in [0.2, 0.25) is 0 Å². The molecule has 0 aliphatic heterocycles. The number of hydrogen-bond acceptors (Lipinski definition) is 2. The Hall–Kier alpha value is 0.990. The normalized spacial score (nSPS) is 9.38. The van der Waals surface area contributed by atoms with Crippen LogP contribution in [0.15, 0.2) is 0 Å². The summed E-state index contributed by atoms with van der Waals surface area (Å²) in [5, 5.41) is 0. The Morgan fingerprint density at radius 2 is 1.50 bits per heavy atom. The maximum atomic E-state index is 9.22. The van der Waals surface area contributed by atoms with Crippen LogP contribution in [0, 0.1) is 0 Å². The molecular formula is CH9NaO5S. The van der Waals surface area contributed by atoms with E-state index in [-0.39, 0.29) is 40.5 Å². The van der Waals surface area contributed by atoms with Gasteiger partial charge in [-0.25, -0.2) is 0 Å². The van der Waals surface area contributed by atoms with E-state index in [4.69, 9.17) is 4.55 Å². The van der Waals surface area contributed by atoms with Crippen LogP contribution in [-0.2, 0) is 10.5 Å². The van der Waals surface area contributed by atoms with Crippen LogP contribution in [0.5, 0.6) is 0 Å². The molecule has 0 bridgehead atoms. The van der Waals surface area contributed by atoms with E-state index in [2.05, 4.69) is 0 Å². The molecule has 50 valence electrons. The predicted octanol–water partition coefficient (Wildman–Crippen LogP) is -5.41. The topological polar surface area (TPSA) is 123 Å². The molecule has 0 aliphatic carbocycles. The molecule has 0 radical (unpaired) electrons. The Labute approximate surface area is 70.5 Å². The van der Waals surface area contributed by atoms with Crippen molar-refractivity contribution in [2.45, 2.75) is 0 Å². The van der Waals surface area contributed by atoms with Crippen molar-refractivity contribution in [1.82, 2.24) is 0 Å². The van der Waals surface area contributed by atoms with E-state index < -0.39 is 10.5 Å². The van der Waals surface area contributed by atoms with Crippen LogP contribution in [-0.4, -0.2) is 30.5 Å². The van der Waals surface area contributed by atoms with Crippen LogP contribution in [0.1, 0.15) is 0 Å². The minimum atomic E-state index is -3.89. The van der Waals surface area contributed by atoms with Crippen molar-refractivity contribution >= 4 is 10.5 Å². The zero-order chi connectivity index (χ0) is 4.50. The quantitative estimate of drug-likeness (QED) is 0.268. The van der Waals surface area contributed by atoms with Crippen LogP contribution in [0.25, 0.3) is 0 Å². The van der Waals surface area contributed by atoms with Gasteiger partial charge in [-0.3, -0.25) is 4.21 Å². The van der Waals surface area contributed by atoms with Gasteiger partial charge >= 0.3 is 29.6 Å². The Balaban J connectivity index is -0.0000000267. The molecule has 0 unspecified atom stereocenters. The zero-order valence-corrected chi connectivity index (χ0v) is 7.61. The van der Waals surface area contributed by atoms with Gasteiger partial charge in [-0.05, 0) is 6.26 Å². The second-order valence-electron chi connectivity index (χ2n) is 0.803. The molecular weight excluding hydrogens is 147 g/mol. The summed E-state index contributed by atoms with van der Waals surface area (Å²) < 4.78 is 26.0. The predicted molar refractivity (Wildman–Crippen MR) is 26.1 cm³/mol. The van der Waals surface area contributed by atoms with Gasteiger partial charge in [-0.1, -0.05) is 10.5 Å². The minimum absolute atomic E-state index is 0. The molecule has 7 heteroatoms. The molecule has 0 spiro atoms. The van der Waals surface area contributed by atoms with Gasteiger partial charge in [0, 0.05) is 0 Å². The van der Waals surface area contributed by atoms with E-state index in [0.29, 0.717) is 0 Å². The first-order valence-electron chi connectivity index (χ1n) is 1.01. The van der Waals surface area contributed by atoms with Gasteiger partial charge in [0.1, 0.15) is 0 Å². The van der Waals surface area contributed by atoms with Gasteiger partial charge in [0.05, 0.1) is 0 Å². The molecule has 0 saturated heterocycles. The minimum Gasteiger partial charge on any atom is -0.772 e. The molecule has 0 aromatic rings. The molecule has 0 saturated carbocycles. The average molecular weight is 156 g/mol. The first-order valence-corrected chi connectivity index (χ1v) is 3.04. The fraction of sp³-hybridized carbons (Fsp3) is 1.00. The molecule has 0 atom stereocenters. The fourth-order valence-electron chi connectivity index (χ4n) is 0. The molecule has 0 aromatic heterocycles. The summed E-state index contributed by atoms with van der Waals surface area (Å²) in [6.45, 7) is 0. The van der Waals surface area contributed by atoms with Crippen molar-refractivity contribution in [3.8, 4) is 0 Å². The largest absolute Gasteiger partial charge is 1.00 e. The van der Waals surface area contributed by atoms with Crippen LogP contribution in [0.3, 0.4) is 0 Å². The summed E-state index contributed by atoms with van der Waals surface area (Å²) in [4.78, 5) is 0. The average Bonchev–Trinajstić information content (AvgIpc) is 0.722. The summed E-state index contributed by atoms with van der Waals surface area (Å²) in [5.74, 6) is 0. The third-order valence-corrected chi connectivity index (χ3v) is 0. The number of thiol groups is 1. The molecule has 0 amide bonds. The van der Waals surface area contributed by atoms with E-state index >= 15 is 0 Å². The van der Waals surface area contributed by atoms with E-state index in [1.807, 2.05) is 0 Å². The summed E-state index contributed by atoms with van der Waals surface area (Å²) in [7, 11) is -3.89. The van der Waals surface area contributed by atoms with Crippen molar-refractivity contribution in [2.75, 3.05) is 6.26 Å². The van der Waals surface area contributed by atoms with Gasteiger partial charge in [-0.15, -0.1) is 0 Å².